The van der Waals surface area contributed by atoms with Crippen LogP contribution in [0.4, 0.5) is 0 Å². The molecule has 90 valence electrons. The highest BCUT2D eigenvalue weighted by atomic mass is 32.2. The van der Waals surface area contributed by atoms with Crippen molar-refractivity contribution in [2.24, 2.45) is 0 Å². The second kappa shape index (κ2) is 6.81. The van der Waals surface area contributed by atoms with Crippen LogP contribution >= 0.6 is 0 Å². The Hall–Kier alpha value is -0.670. The predicted molar refractivity (Wildman–Crippen MR) is 67.0 cm³/mol. The van der Waals surface area contributed by atoms with Crippen LogP contribution in [-0.4, -0.2) is 8.76 Å². The predicted octanol–water partition coefficient (Wildman–Crippen LogP) is 3.11. The number of unbranched alkanes of at least 4 members (excludes halogenated alkanes) is 2. The van der Waals surface area contributed by atoms with Crippen LogP contribution in [0, 0.1) is 6.92 Å². The number of rotatable bonds is 6. The van der Waals surface area contributed by atoms with E-state index < -0.39 is 11.1 Å². The first-order chi connectivity index (χ1) is 7.65. The lowest BCUT2D eigenvalue weighted by atomic mass is 9.98. The molecule has 0 aliphatic heterocycles. The van der Waals surface area contributed by atoms with Crippen LogP contribution in [0.25, 0.3) is 0 Å². The van der Waals surface area contributed by atoms with Gasteiger partial charge in [-0.05, 0) is 36.5 Å². The Morgan fingerprint density at radius 1 is 1.31 bits per heavy atom. The molecule has 0 radical (unpaired) electrons. The van der Waals surface area contributed by atoms with Crippen molar-refractivity contribution >= 4 is 11.1 Å². The third-order valence-corrected chi connectivity index (χ3v) is 3.34. The molecule has 0 aliphatic carbocycles. The lowest BCUT2D eigenvalue weighted by molar-refractivity contribution is 0.535. The smallest absolute Gasteiger partial charge is 0.0358 e. The van der Waals surface area contributed by atoms with Crippen molar-refractivity contribution in [3.63, 3.8) is 0 Å². The van der Waals surface area contributed by atoms with Gasteiger partial charge < -0.3 is 4.55 Å². The highest BCUT2D eigenvalue weighted by Crippen LogP contribution is 2.18. The number of hydrogen-bond donors (Lipinski definition) is 0. The van der Waals surface area contributed by atoms with Crippen molar-refractivity contribution in [2.45, 2.75) is 45.3 Å². The van der Waals surface area contributed by atoms with E-state index >= 15 is 0 Å². The molecule has 0 spiro atoms. The molecule has 1 aromatic carbocycles. The third kappa shape index (κ3) is 4.06. The Kier molecular flexibility index (Phi) is 5.71. The summed E-state index contributed by atoms with van der Waals surface area (Å²) >= 11 is -1.99. The van der Waals surface area contributed by atoms with Gasteiger partial charge in [0.05, 0.1) is 0 Å². The average Bonchev–Trinajstić information content (AvgIpc) is 2.23. The highest BCUT2D eigenvalue weighted by molar-refractivity contribution is 7.78. The van der Waals surface area contributed by atoms with Gasteiger partial charge in [0.2, 0.25) is 0 Å². The van der Waals surface area contributed by atoms with E-state index in [-0.39, 0.29) is 5.75 Å². The average molecular weight is 239 g/mol. The molecule has 16 heavy (non-hydrogen) atoms. The fourth-order valence-corrected chi connectivity index (χ4v) is 2.54. The van der Waals surface area contributed by atoms with Gasteiger partial charge in [0.15, 0.2) is 0 Å². The first-order valence-electron chi connectivity index (χ1n) is 5.78. The monoisotopic (exact) mass is 239 g/mol. The summed E-state index contributed by atoms with van der Waals surface area (Å²) in [6, 6.07) is 6.03. The van der Waals surface area contributed by atoms with Gasteiger partial charge in [0.25, 0.3) is 0 Å². The maximum atomic E-state index is 10.8. The molecule has 0 fully saturated rings. The van der Waals surface area contributed by atoms with E-state index in [4.69, 9.17) is 0 Å². The van der Waals surface area contributed by atoms with Crippen LogP contribution in [0.5, 0.6) is 0 Å². The second-order valence-electron chi connectivity index (χ2n) is 4.12. The summed E-state index contributed by atoms with van der Waals surface area (Å²) in [7, 11) is 0. The quantitative estimate of drug-likeness (QED) is 0.565. The Morgan fingerprint density at radius 3 is 2.69 bits per heavy atom. The maximum Gasteiger partial charge on any atom is 0.0358 e. The van der Waals surface area contributed by atoms with Crippen molar-refractivity contribution in [2.75, 3.05) is 0 Å². The SMILES string of the molecule is CCCCCc1cccc(C)c1CS(=O)[O-]. The Labute approximate surface area is 100 Å². The molecule has 1 unspecified atom stereocenters. The van der Waals surface area contributed by atoms with Gasteiger partial charge in [-0.15, -0.1) is 0 Å². The van der Waals surface area contributed by atoms with Crippen molar-refractivity contribution in [1.82, 2.24) is 0 Å². The molecule has 0 aliphatic rings. The minimum atomic E-state index is -1.99. The maximum absolute atomic E-state index is 10.8. The summed E-state index contributed by atoms with van der Waals surface area (Å²) in [5.41, 5.74) is 3.27. The number of hydrogen-bond acceptors (Lipinski definition) is 2. The van der Waals surface area contributed by atoms with Crippen LogP contribution in [0.3, 0.4) is 0 Å². The zero-order valence-corrected chi connectivity index (χ0v) is 10.8. The largest absolute Gasteiger partial charge is 0.772 e. The fourth-order valence-electron chi connectivity index (χ4n) is 1.89. The molecule has 0 amide bonds. The van der Waals surface area contributed by atoms with Gasteiger partial charge in [0.1, 0.15) is 0 Å². The molecule has 0 saturated heterocycles. The number of aryl methyl sites for hydroxylation is 2. The lowest BCUT2D eigenvalue weighted by Crippen LogP contribution is -2.02. The van der Waals surface area contributed by atoms with Gasteiger partial charge in [-0.2, -0.15) is 0 Å². The van der Waals surface area contributed by atoms with Crippen molar-refractivity contribution < 1.29 is 8.76 Å². The highest BCUT2D eigenvalue weighted by Gasteiger charge is 2.05. The van der Waals surface area contributed by atoms with E-state index in [1.54, 1.807) is 0 Å². The standard InChI is InChI=1S/C13H20O2S/c1-3-4-5-8-12-9-6-7-11(2)13(12)10-16(14)15/h6-7,9H,3-5,8,10H2,1-2H3,(H,14,15)/p-1. The fraction of sp³-hybridized carbons (Fsp3) is 0.538. The zero-order valence-electron chi connectivity index (χ0n) is 9.99. The van der Waals surface area contributed by atoms with E-state index in [0.717, 1.165) is 24.0 Å². The first-order valence-corrected chi connectivity index (χ1v) is 7.02. The molecule has 2 nitrogen and oxygen atoms in total. The van der Waals surface area contributed by atoms with Gasteiger partial charge in [-0.25, -0.2) is 0 Å². The minimum Gasteiger partial charge on any atom is -0.772 e. The van der Waals surface area contributed by atoms with Crippen LogP contribution in [0.15, 0.2) is 18.2 Å². The summed E-state index contributed by atoms with van der Waals surface area (Å²) in [6.45, 7) is 4.15. The molecule has 0 N–H and O–H groups in total. The Balaban J connectivity index is 2.80. The van der Waals surface area contributed by atoms with E-state index in [1.807, 2.05) is 25.1 Å². The summed E-state index contributed by atoms with van der Waals surface area (Å²) in [4.78, 5) is 0. The van der Waals surface area contributed by atoms with Crippen LogP contribution in [0.2, 0.25) is 0 Å². The van der Waals surface area contributed by atoms with Crippen LogP contribution in [0.1, 0.15) is 42.9 Å². The van der Waals surface area contributed by atoms with Gasteiger partial charge in [0, 0.05) is 5.75 Å². The summed E-state index contributed by atoms with van der Waals surface area (Å²) in [5.74, 6) is 0.147. The van der Waals surface area contributed by atoms with Crippen LogP contribution < -0.4 is 0 Å². The van der Waals surface area contributed by atoms with Gasteiger partial charge >= 0.3 is 0 Å². The van der Waals surface area contributed by atoms with Crippen molar-refractivity contribution in [3.8, 4) is 0 Å². The molecule has 1 aromatic rings. The summed E-state index contributed by atoms with van der Waals surface area (Å²) in [6.07, 6.45) is 4.52. The first kappa shape index (κ1) is 13.4. The summed E-state index contributed by atoms with van der Waals surface area (Å²) in [5, 5.41) is 0. The zero-order chi connectivity index (χ0) is 12.0. The van der Waals surface area contributed by atoms with Crippen molar-refractivity contribution in [1.29, 1.82) is 0 Å². The molecule has 3 heteroatoms. The third-order valence-electron chi connectivity index (χ3n) is 2.82. The Morgan fingerprint density at radius 2 is 2.06 bits per heavy atom. The van der Waals surface area contributed by atoms with Crippen LogP contribution in [-0.2, 0) is 23.3 Å². The summed E-state index contributed by atoms with van der Waals surface area (Å²) < 4.78 is 21.6. The molecule has 1 rings (SSSR count). The molecule has 0 aromatic heterocycles. The second-order valence-corrected chi connectivity index (χ2v) is 5.01. The Bertz CT molecular complexity index is 361. The van der Waals surface area contributed by atoms with E-state index in [9.17, 15) is 8.76 Å². The molecule has 0 saturated carbocycles. The molecule has 0 bridgehead atoms. The lowest BCUT2D eigenvalue weighted by Gasteiger charge is -2.14. The topological polar surface area (TPSA) is 40.1 Å². The number of benzene rings is 1. The van der Waals surface area contributed by atoms with Gasteiger partial charge in [-0.3, -0.25) is 4.21 Å². The van der Waals surface area contributed by atoms with E-state index in [0.29, 0.717) is 0 Å². The molecule has 1 atom stereocenters. The molecule has 0 heterocycles. The minimum absolute atomic E-state index is 0.147. The van der Waals surface area contributed by atoms with Crippen molar-refractivity contribution in [3.05, 3.63) is 34.9 Å². The molecular weight excluding hydrogens is 220 g/mol. The van der Waals surface area contributed by atoms with Gasteiger partial charge in [-0.1, -0.05) is 49.0 Å². The van der Waals surface area contributed by atoms with E-state index in [2.05, 4.69) is 6.92 Å². The van der Waals surface area contributed by atoms with E-state index in [1.165, 1.54) is 18.4 Å². The molecular formula is C13H19O2S-. The normalized spacial score (nSPS) is 12.7.